The molecule has 0 aliphatic heterocycles. The second-order valence-electron chi connectivity index (χ2n) is 14.1. The molecular formula is C38H57NO9SSi. The lowest BCUT2D eigenvalue weighted by Crippen LogP contribution is -2.47. The van der Waals surface area contributed by atoms with Gasteiger partial charge in [0.2, 0.25) is 0 Å². The van der Waals surface area contributed by atoms with Crippen LogP contribution in [-0.4, -0.2) is 72.8 Å². The number of rotatable bonds is 22. The third-order valence-corrected chi connectivity index (χ3v) is 15.9. The Morgan fingerprint density at radius 1 is 0.960 bits per heavy atom. The number of carbonyl (C=O) groups is 3. The van der Waals surface area contributed by atoms with E-state index in [-0.39, 0.29) is 48.8 Å². The predicted molar refractivity (Wildman–Crippen MR) is 198 cm³/mol. The van der Waals surface area contributed by atoms with Crippen molar-refractivity contribution in [1.82, 2.24) is 5.32 Å². The van der Waals surface area contributed by atoms with Crippen LogP contribution in [0.15, 0.2) is 72.1 Å². The minimum Gasteiger partial charge on any atom is -0.469 e. The summed E-state index contributed by atoms with van der Waals surface area (Å²) in [5.41, 5.74) is 1.90. The van der Waals surface area contributed by atoms with E-state index in [0.29, 0.717) is 26.1 Å². The molecule has 2 rings (SSSR count). The summed E-state index contributed by atoms with van der Waals surface area (Å²) in [4.78, 5) is 39.3. The molecule has 50 heavy (non-hydrogen) atoms. The van der Waals surface area contributed by atoms with Gasteiger partial charge in [0.1, 0.15) is 11.9 Å². The maximum absolute atomic E-state index is 14.4. The van der Waals surface area contributed by atoms with Crippen molar-refractivity contribution in [3.8, 4) is 0 Å². The van der Waals surface area contributed by atoms with Crippen molar-refractivity contribution < 1.29 is 41.4 Å². The van der Waals surface area contributed by atoms with E-state index in [1.165, 1.54) is 25.3 Å². The highest BCUT2D eigenvalue weighted by molar-refractivity contribution is 7.92. The number of amides is 1. The summed E-state index contributed by atoms with van der Waals surface area (Å²) >= 11 is 0. The summed E-state index contributed by atoms with van der Waals surface area (Å²) in [6.07, 6.45) is 1.72. The summed E-state index contributed by atoms with van der Waals surface area (Å²) in [6, 6.07) is 15.5. The number of Topliss-reactive ketones (excluding diaryl/α,β-unsaturated/α-hetero) is 1. The molecule has 278 valence electrons. The van der Waals surface area contributed by atoms with Crippen LogP contribution < -0.4 is 5.32 Å². The van der Waals surface area contributed by atoms with Gasteiger partial charge in [-0.1, -0.05) is 81.5 Å². The van der Waals surface area contributed by atoms with E-state index in [2.05, 4.69) is 45.8 Å². The van der Waals surface area contributed by atoms with Crippen molar-refractivity contribution in [1.29, 1.82) is 0 Å². The van der Waals surface area contributed by atoms with Crippen LogP contribution in [-0.2, 0) is 44.7 Å². The molecule has 1 amide bonds. The molecule has 0 aliphatic rings. The van der Waals surface area contributed by atoms with E-state index in [4.69, 9.17) is 18.6 Å². The number of benzene rings is 2. The third-order valence-electron chi connectivity index (χ3n) is 9.20. The Morgan fingerprint density at radius 3 is 2.22 bits per heavy atom. The third kappa shape index (κ3) is 14.1. The molecule has 1 unspecified atom stereocenters. The number of hydrogen-bond donors (Lipinski definition) is 1. The Kier molecular flexibility index (Phi) is 17.6. The first-order valence-corrected chi connectivity index (χ1v) is 21.7. The molecule has 2 aromatic carbocycles. The zero-order valence-corrected chi connectivity index (χ0v) is 32.7. The van der Waals surface area contributed by atoms with Crippen molar-refractivity contribution >= 4 is 36.0 Å². The number of aryl methyl sites for hydroxylation is 1. The fraction of sp³-hybridized carbons (Fsp3) is 0.553. The van der Waals surface area contributed by atoms with Gasteiger partial charge in [-0.2, -0.15) is 0 Å². The van der Waals surface area contributed by atoms with Crippen LogP contribution in [0, 0.1) is 12.8 Å². The lowest BCUT2D eigenvalue weighted by molar-refractivity contribution is -0.141. The highest BCUT2D eigenvalue weighted by Gasteiger charge is 2.40. The fourth-order valence-corrected chi connectivity index (χ4v) is 7.88. The highest BCUT2D eigenvalue weighted by atomic mass is 32.2. The highest BCUT2D eigenvalue weighted by Crippen LogP contribution is 2.37. The van der Waals surface area contributed by atoms with E-state index in [0.717, 1.165) is 11.1 Å². The zero-order valence-electron chi connectivity index (χ0n) is 30.9. The van der Waals surface area contributed by atoms with Gasteiger partial charge in [0, 0.05) is 18.9 Å². The average molecular weight is 732 g/mol. The molecule has 2 aromatic rings. The quantitative estimate of drug-likeness (QED) is 0.0571. The smallest absolute Gasteiger partial charge is 0.407 e. The SMILES string of the molecule is C=CCOC(=O)N[C@H](CCC(C(=O)[C@H](CCCOCc1ccccc1)CCC(=O)OC)S(=O)(=O)c1ccc(C)cc1)CO[Si](C)(C)C(C)(C)C. The Bertz CT molecular complexity index is 1470. The van der Waals surface area contributed by atoms with E-state index in [1.54, 1.807) is 12.1 Å². The molecule has 0 aromatic heterocycles. The summed E-state index contributed by atoms with van der Waals surface area (Å²) < 4.78 is 50.8. The van der Waals surface area contributed by atoms with E-state index in [1.807, 2.05) is 37.3 Å². The number of nitrogens with one attached hydrogen (secondary N) is 1. The molecule has 0 saturated carbocycles. The van der Waals surface area contributed by atoms with Crippen molar-refractivity contribution in [2.45, 2.75) is 107 Å². The molecule has 0 fully saturated rings. The molecule has 0 radical (unpaired) electrons. The number of ether oxygens (including phenoxy) is 3. The van der Waals surface area contributed by atoms with Crippen molar-refractivity contribution in [3.05, 3.63) is 78.4 Å². The van der Waals surface area contributed by atoms with Crippen molar-refractivity contribution in [2.24, 2.45) is 5.92 Å². The van der Waals surface area contributed by atoms with Crippen molar-refractivity contribution in [3.63, 3.8) is 0 Å². The van der Waals surface area contributed by atoms with Gasteiger partial charge < -0.3 is 24.0 Å². The molecule has 10 nitrogen and oxygen atoms in total. The maximum atomic E-state index is 14.4. The second-order valence-corrected chi connectivity index (χ2v) is 21.1. The van der Waals surface area contributed by atoms with Gasteiger partial charge in [0.05, 0.1) is 31.3 Å². The second kappa shape index (κ2) is 20.5. The number of hydrogen-bond acceptors (Lipinski definition) is 9. The number of carbonyl (C=O) groups excluding carboxylic acids is 3. The molecule has 0 heterocycles. The molecule has 1 N–H and O–H groups in total. The molecule has 3 atom stereocenters. The molecular weight excluding hydrogens is 675 g/mol. The number of ketones is 1. The first-order chi connectivity index (χ1) is 23.5. The largest absolute Gasteiger partial charge is 0.469 e. The van der Waals surface area contributed by atoms with Crippen LogP contribution in [0.1, 0.15) is 70.4 Å². The summed E-state index contributed by atoms with van der Waals surface area (Å²) in [5, 5.41) is 1.28. The van der Waals surface area contributed by atoms with Gasteiger partial charge >= 0.3 is 12.1 Å². The Hall–Kier alpha value is -3.32. The van der Waals surface area contributed by atoms with Gasteiger partial charge in [-0.05, 0) is 74.9 Å². The van der Waals surface area contributed by atoms with Gasteiger partial charge in [-0.3, -0.25) is 9.59 Å². The van der Waals surface area contributed by atoms with Crippen LogP contribution in [0.25, 0.3) is 0 Å². The number of methoxy groups -OCH3 is 1. The van der Waals surface area contributed by atoms with Crippen molar-refractivity contribution in [2.75, 3.05) is 26.9 Å². The maximum Gasteiger partial charge on any atom is 0.407 e. The van der Waals surface area contributed by atoms with Gasteiger partial charge in [0.15, 0.2) is 23.9 Å². The summed E-state index contributed by atoms with van der Waals surface area (Å²) in [7, 11) is -5.14. The monoisotopic (exact) mass is 731 g/mol. The van der Waals surface area contributed by atoms with Gasteiger partial charge in [-0.15, -0.1) is 0 Å². The minimum absolute atomic E-state index is 0.00148. The van der Waals surface area contributed by atoms with Gasteiger partial charge in [0.25, 0.3) is 0 Å². The molecule has 0 spiro atoms. The zero-order chi connectivity index (χ0) is 37.4. The van der Waals surface area contributed by atoms with E-state index in [9.17, 15) is 22.8 Å². The first kappa shape index (κ1) is 42.8. The molecule has 0 bridgehead atoms. The topological polar surface area (TPSA) is 134 Å². The van der Waals surface area contributed by atoms with Crippen LogP contribution >= 0.6 is 0 Å². The molecule has 0 saturated heterocycles. The average Bonchev–Trinajstić information content (AvgIpc) is 3.07. The van der Waals surface area contributed by atoms with E-state index < -0.39 is 53.2 Å². The Morgan fingerprint density at radius 2 is 1.62 bits per heavy atom. The standard InChI is InChI=1S/C38H57NO9SSi/c1-9-25-47-37(42)39-32(28-48-50(7,8)38(3,4)5)20-23-34(49(43,44)33-21-17-29(2)18-22-33)36(41)31(19-24-35(40)45-6)16-13-26-46-27-30-14-11-10-12-15-30/h9-12,14-15,17-18,21-22,31-32,34H,1,13,16,19-20,23-28H2,2-8H3,(H,39,42)/t31-,32-,34?/m1/s1. The number of sulfone groups is 1. The van der Waals surface area contributed by atoms with E-state index >= 15 is 0 Å². The number of esters is 1. The first-order valence-electron chi connectivity index (χ1n) is 17.2. The van der Waals surface area contributed by atoms with Crippen LogP contribution in [0.5, 0.6) is 0 Å². The summed E-state index contributed by atoms with van der Waals surface area (Å²) in [5.74, 6) is -1.70. The lowest BCUT2D eigenvalue weighted by Gasteiger charge is -2.37. The Labute approximate surface area is 300 Å². The predicted octanol–water partition coefficient (Wildman–Crippen LogP) is 7.36. The molecule has 12 heteroatoms. The van der Waals surface area contributed by atoms with Gasteiger partial charge in [-0.25, -0.2) is 13.2 Å². The minimum atomic E-state index is -4.17. The van der Waals surface area contributed by atoms with Crippen LogP contribution in [0.4, 0.5) is 4.79 Å². The Balaban J connectivity index is 2.38. The van der Waals surface area contributed by atoms with Crippen LogP contribution in [0.2, 0.25) is 18.1 Å². The lowest BCUT2D eigenvalue weighted by atomic mass is 9.89. The number of alkyl carbamates (subject to hydrolysis) is 1. The van der Waals surface area contributed by atoms with Crippen LogP contribution in [0.3, 0.4) is 0 Å². The fourth-order valence-electron chi connectivity index (χ4n) is 5.04. The summed E-state index contributed by atoms with van der Waals surface area (Å²) in [6.45, 7) is 16.8. The molecule has 0 aliphatic carbocycles. The normalized spacial score (nSPS) is 13.9.